The summed E-state index contributed by atoms with van der Waals surface area (Å²) in [6.45, 7) is 6.76. The Kier molecular flexibility index (Phi) is 5.84. The number of ether oxygens (including phenoxy) is 1. The van der Waals surface area contributed by atoms with Gasteiger partial charge in [-0.25, -0.2) is 4.79 Å². The number of benzene rings is 1. The molecular formula is C18H24BrNO3. The van der Waals surface area contributed by atoms with Crippen molar-refractivity contribution in [2.24, 2.45) is 5.92 Å². The molecule has 4 nitrogen and oxygen atoms in total. The highest BCUT2D eigenvalue weighted by atomic mass is 79.9. The van der Waals surface area contributed by atoms with Gasteiger partial charge in [0.25, 0.3) is 0 Å². The molecule has 1 fully saturated rings. The van der Waals surface area contributed by atoms with Gasteiger partial charge in [-0.2, -0.15) is 0 Å². The van der Waals surface area contributed by atoms with Gasteiger partial charge in [0.05, 0.1) is 0 Å². The van der Waals surface area contributed by atoms with Crippen LogP contribution < -0.4 is 0 Å². The molecule has 1 aromatic carbocycles. The second-order valence-electron chi connectivity index (χ2n) is 7.01. The summed E-state index contributed by atoms with van der Waals surface area (Å²) in [5, 5.41) is 0. The Morgan fingerprint density at radius 3 is 2.48 bits per heavy atom. The van der Waals surface area contributed by atoms with Gasteiger partial charge in [0.1, 0.15) is 11.4 Å². The maximum Gasteiger partial charge on any atom is 0.410 e. The Hall–Kier alpha value is -1.36. The van der Waals surface area contributed by atoms with E-state index in [2.05, 4.69) is 15.9 Å². The van der Waals surface area contributed by atoms with Crippen LogP contribution >= 0.6 is 15.9 Å². The molecule has 0 aromatic heterocycles. The summed E-state index contributed by atoms with van der Waals surface area (Å²) in [6.07, 6.45) is 1.60. The van der Waals surface area contributed by atoms with Gasteiger partial charge < -0.3 is 9.64 Å². The van der Waals surface area contributed by atoms with Crippen LogP contribution in [0.15, 0.2) is 28.7 Å². The van der Waals surface area contributed by atoms with Crippen molar-refractivity contribution in [2.75, 3.05) is 13.1 Å². The Bertz CT molecular complexity index is 572. The Morgan fingerprint density at radius 1 is 1.26 bits per heavy atom. The summed E-state index contributed by atoms with van der Waals surface area (Å²) in [5.41, 5.74) is 0.545. The summed E-state index contributed by atoms with van der Waals surface area (Å²) < 4.78 is 6.37. The van der Waals surface area contributed by atoms with E-state index in [9.17, 15) is 9.59 Å². The van der Waals surface area contributed by atoms with Gasteiger partial charge in [-0.15, -0.1) is 0 Å². The lowest BCUT2D eigenvalue weighted by Gasteiger charge is -2.33. The molecule has 0 N–H and O–H groups in total. The average molecular weight is 382 g/mol. The van der Waals surface area contributed by atoms with E-state index in [0.29, 0.717) is 32.4 Å². The van der Waals surface area contributed by atoms with Crippen LogP contribution in [0.2, 0.25) is 0 Å². The lowest BCUT2D eigenvalue weighted by Crippen LogP contribution is -2.43. The molecular weight excluding hydrogens is 358 g/mol. The van der Waals surface area contributed by atoms with Gasteiger partial charge in [0, 0.05) is 29.9 Å². The minimum Gasteiger partial charge on any atom is -0.444 e. The molecule has 2 rings (SSSR count). The van der Waals surface area contributed by atoms with Crippen molar-refractivity contribution in [3.8, 4) is 0 Å². The zero-order valence-electron chi connectivity index (χ0n) is 14.0. The first kappa shape index (κ1) is 18.0. The van der Waals surface area contributed by atoms with Crippen molar-refractivity contribution in [1.82, 2.24) is 4.90 Å². The Balaban J connectivity index is 1.84. The molecule has 1 aliphatic heterocycles. The minimum atomic E-state index is -0.482. The van der Waals surface area contributed by atoms with Gasteiger partial charge in [-0.05, 0) is 51.3 Å². The molecule has 0 saturated carbocycles. The first-order valence-corrected chi connectivity index (χ1v) is 8.79. The minimum absolute atomic E-state index is 0.0349. The molecule has 0 spiro atoms. The lowest BCUT2D eigenvalue weighted by molar-refractivity contribution is -0.123. The van der Waals surface area contributed by atoms with Crippen LogP contribution in [-0.2, 0) is 16.0 Å². The van der Waals surface area contributed by atoms with Crippen LogP contribution in [0.5, 0.6) is 0 Å². The largest absolute Gasteiger partial charge is 0.444 e. The van der Waals surface area contributed by atoms with Crippen molar-refractivity contribution in [2.45, 2.75) is 45.6 Å². The highest BCUT2D eigenvalue weighted by Gasteiger charge is 2.29. The fourth-order valence-electron chi connectivity index (χ4n) is 2.70. The number of halogens is 1. The molecule has 0 unspecified atom stereocenters. The third-order valence-electron chi connectivity index (χ3n) is 3.87. The third kappa shape index (κ3) is 5.65. The van der Waals surface area contributed by atoms with Crippen LogP contribution in [-0.4, -0.2) is 35.5 Å². The van der Waals surface area contributed by atoms with Crippen molar-refractivity contribution < 1.29 is 14.3 Å². The van der Waals surface area contributed by atoms with E-state index in [1.54, 1.807) is 4.90 Å². The molecule has 1 heterocycles. The maximum absolute atomic E-state index is 12.4. The van der Waals surface area contributed by atoms with E-state index in [0.717, 1.165) is 10.0 Å². The molecule has 1 saturated heterocycles. The normalized spacial score (nSPS) is 16.3. The fourth-order valence-corrected chi connectivity index (χ4v) is 3.15. The molecule has 5 heteroatoms. The van der Waals surface area contributed by atoms with Gasteiger partial charge in [-0.3, -0.25) is 4.79 Å². The molecule has 23 heavy (non-hydrogen) atoms. The summed E-state index contributed by atoms with van der Waals surface area (Å²) in [5.74, 6) is 0.291. The first-order valence-electron chi connectivity index (χ1n) is 8.00. The number of carbonyl (C=O) groups is 2. The average Bonchev–Trinajstić information content (AvgIpc) is 2.45. The number of rotatable bonds is 3. The lowest BCUT2D eigenvalue weighted by atomic mass is 9.89. The Labute approximate surface area is 146 Å². The first-order chi connectivity index (χ1) is 10.7. The maximum atomic E-state index is 12.4. The van der Waals surface area contributed by atoms with E-state index in [-0.39, 0.29) is 17.8 Å². The smallest absolute Gasteiger partial charge is 0.410 e. The number of likely N-dealkylation sites (tertiary alicyclic amines) is 1. The van der Waals surface area contributed by atoms with Crippen molar-refractivity contribution in [1.29, 1.82) is 0 Å². The highest BCUT2D eigenvalue weighted by Crippen LogP contribution is 2.22. The molecule has 1 aliphatic rings. The number of hydrogen-bond donors (Lipinski definition) is 0. The van der Waals surface area contributed by atoms with Crippen LogP contribution in [0.25, 0.3) is 0 Å². The molecule has 0 aliphatic carbocycles. The quantitative estimate of drug-likeness (QED) is 0.787. The standard InChI is InChI=1S/C18H24BrNO3/c1-18(2,3)23-17(22)20-9-7-14(8-10-20)16(21)12-13-5-4-6-15(19)11-13/h4-6,11,14H,7-10,12H2,1-3H3. The topological polar surface area (TPSA) is 46.6 Å². The molecule has 1 amide bonds. The van der Waals surface area contributed by atoms with Gasteiger partial charge in [0.15, 0.2) is 0 Å². The number of ketones is 1. The van der Waals surface area contributed by atoms with Crippen molar-refractivity contribution in [3.63, 3.8) is 0 Å². The van der Waals surface area contributed by atoms with E-state index < -0.39 is 5.60 Å². The van der Waals surface area contributed by atoms with Gasteiger partial charge in [0.2, 0.25) is 0 Å². The highest BCUT2D eigenvalue weighted by molar-refractivity contribution is 9.10. The predicted octanol–water partition coefficient (Wildman–Crippen LogP) is 4.21. The number of amides is 1. The fraction of sp³-hybridized carbons (Fsp3) is 0.556. The van der Waals surface area contributed by atoms with Gasteiger partial charge >= 0.3 is 6.09 Å². The number of hydrogen-bond acceptors (Lipinski definition) is 3. The van der Waals surface area contributed by atoms with Crippen molar-refractivity contribution >= 4 is 27.8 Å². The SMILES string of the molecule is CC(C)(C)OC(=O)N1CCC(C(=O)Cc2cccc(Br)c2)CC1. The zero-order chi connectivity index (χ0) is 17.0. The second-order valence-corrected chi connectivity index (χ2v) is 7.93. The summed E-state index contributed by atoms with van der Waals surface area (Å²) in [4.78, 5) is 26.2. The van der Waals surface area contributed by atoms with Gasteiger partial charge in [-0.1, -0.05) is 28.1 Å². The van der Waals surface area contributed by atoms with Crippen LogP contribution in [0.1, 0.15) is 39.2 Å². The Morgan fingerprint density at radius 2 is 1.91 bits per heavy atom. The molecule has 126 valence electrons. The van der Waals surface area contributed by atoms with Crippen molar-refractivity contribution in [3.05, 3.63) is 34.3 Å². The van der Waals surface area contributed by atoms with E-state index in [4.69, 9.17) is 4.74 Å². The summed E-state index contributed by atoms with van der Waals surface area (Å²) in [7, 11) is 0. The monoisotopic (exact) mass is 381 g/mol. The van der Waals surface area contributed by atoms with Crippen LogP contribution in [0, 0.1) is 5.92 Å². The van der Waals surface area contributed by atoms with E-state index in [1.807, 2.05) is 45.0 Å². The zero-order valence-corrected chi connectivity index (χ0v) is 15.6. The summed E-state index contributed by atoms with van der Waals surface area (Å²) in [6, 6.07) is 7.84. The number of carbonyl (C=O) groups excluding carboxylic acids is 2. The van der Waals surface area contributed by atoms with E-state index in [1.165, 1.54) is 0 Å². The molecule has 0 bridgehead atoms. The number of Topliss-reactive ketones (excluding diaryl/α,β-unsaturated/α-hetero) is 1. The third-order valence-corrected chi connectivity index (χ3v) is 4.36. The number of nitrogens with zero attached hydrogens (tertiary/aromatic N) is 1. The second kappa shape index (κ2) is 7.47. The number of piperidine rings is 1. The van der Waals surface area contributed by atoms with Crippen LogP contribution in [0.3, 0.4) is 0 Å². The van der Waals surface area contributed by atoms with Crippen LogP contribution in [0.4, 0.5) is 4.79 Å². The molecule has 0 radical (unpaired) electrons. The molecule has 1 aromatic rings. The predicted molar refractivity (Wildman–Crippen MR) is 93.4 cm³/mol. The van der Waals surface area contributed by atoms with E-state index >= 15 is 0 Å². The molecule has 0 atom stereocenters. The summed E-state index contributed by atoms with van der Waals surface area (Å²) >= 11 is 3.43.